The molecule has 2 aromatic carbocycles. The van der Waals surface area contributed by atoms with Gasteiger partial charge in [-0.25, -0.2) is 4.39 Å². The Morgan fingerprint density at radius 3 is 2.60 bits per heavy atom. The minimum absolute atomic E-state index is 0.0154. The first-order chi connectivity index (χ1) is 12.1. The Morgan fingerprint density at radius 1 is 1.16 bits per heavy atom. The Morgan fingerprint density at radius 2 is 1.88 bits per heavy atom. The highest BCUT2D eigenvalue weighted by Gasteiger charge is 2.28. The van der Waals surface area contributed by atoms with Crippen LogP contribution in [0.1, 0.15) is 41.4 Å². The lowest BCUT2D eigenvalue weighted by Gasteiger charge is -2.25. The summed E-state index contributed by atoms with van der Waals surface area (Å²) in [5.74, 6) is -2.76. The second-order valence-corrected chi connectivity index (χ2v) is 6.33. The lowest BCUT2D eigenvalue weighted by Crippen LogP contribution is -2.36. The van der Waals surface area contributed by atoms with Crippen molar-refractivity contribution >= 4 is 11.9 Å². The number of halogens is 1. The van der Waals surface area contributed by atoms with Gasteiger partial charge in [-0.1, -0.05) is 36.4 Å². The fourth-order valence-corrected chi connectivity index (χ4v) is 3.39. The Balaban J connectivity index is 1.70. The van der Waals surface area contributed by atoms with Gasteiger partial charge in [0.2, 0.25) is 5.91 Å². The van der Waals surface area contributed by atoms with Crippen molar-refractivity contribution in [2.24, 2.45) is 0 Å². The monoisotopic (exact) mass is 341 g/mol. The van der Waals surface area contributed by atoms with E-state index in [-0.39, 0.29) is 18.4 Å². The molecule has 0 heterocycles. The molecule has 0 saturated heterocycles. The van der Waals surface area contributed by atoms with Crippen LogP contribution in [0, 0.1) is 5.82 Å². The molecule has 0 fully saturated rings. The molecule has 2 unspecified atom stereocenters. The van der Waals surface area contributed by atoms with Crippen LogP contribution in [0.2, 0.25) is 0 Å². The SMILES string of the molecule is O=C(O)C(CNC(=O)C1CCCc2ccccc21)c1ccc(F)cc1. The van der Waals surface area contributed by atoms with Crippen molar-refractivity contribution in [1.29, 1.82) is 0 Å². The number of rotatable bonds is 5. The average molecular weight is 341 g/mol. The number of hydrogen-bond acceptors (Lipinski definition) is 2. The number of carboxylic acid groups (broad SMARTS) is 1. The number of carbonyl (C=O) groups is 2. The molecule has 1 aliphatic carbocycles. The van der Waals surface area contributed by atoms with Crippen LogP contribution in [-0.4, -0.2) is 23.5 Å². The highest BCUT2D eigenvalue weighted by molar-refractivity contribution is 5.85. The normalized spacial score (nSPS) is 17.4. The van der Waals surface area contributed by atoms with E-state index >= 15 is 0 Å². The first-order valence-electron chi connectivity index (χ1n) is 8.40. The Labute approximate surface area is 145 Å². The van der Waals surface area contributed by atoms with Crippen LogP contribution in [0.5, 0.6) is 0 Å². The molecule has 0 bridgehead atoms. The molecular formula is C20H20FNO3. The maximum atomic E-state index is 13.0. The Hall–Kier alpha value is -2.69. The first-order valence-corrected chi connectivity index (χ1v) is 8.40. The fraction of sp³-hybridized carbons (Fsp3) is 0.300. The van der Waals surface area contributed by atoms with Gasteiger partial charge in [0.05, 0.1) is 11.8 Å². The van der Waals surface area contributed by atoms with Crippen LogP contribution >= 0.6 is 0 Å². The number of benzene rings is 2. The summed E-state index contributed by atoms with van der Waals surface area (Å²) in [5.41, 5.74) is 2.68. The summed E-state index contributed by atoms with van der Waals surface area (Å²) in [6, 6.07) is 13.2. The number of amides is 1. The number of fused-ring (bicyclic) bond motifs is 1. The fourth-order valence-electron chi connectivity index (χ4n) is 3.39. The quantitative estimate of drug-likeness (QED) is 0.877. The van der Waals surface area contributed by atoms with Gasteiger partial charge in [0.25, 0.3) is 0 Å². The van der Waals surface area contributed by atoms with Crippen LogP contribution in [0.4, 0.5) is 4.39 Å². The molecule has 4 nitrogen and oxygen atoms in total. The summed E-state index contributed by atoms with van der Waals surface area (Å²) in [4.78, 5) is 24.1. The van der Waals surface area contributed by atoms with E-state index in [1.807, 2.05) is 24.3 Å². The second-order valence-electron chi connectivity index (χ2n) is 6.33. The maximum Gasteiger partial charge on any atom is 0.312 e. The minimum Gasteiger partial charge on any atom is -0.481 e. The van der Waals surface area contributed by atoms with Crippen molar-refractivity contribution in [1.82, 2.24) is 5.32 Å². The summed E-state index contributed by atoms with van der Waals surface area (Å²) < 4.78 is 13.0. The van der Waals surface area contributed by atoms with E-state index in [1.54, 1.807) is 0 Å². The lowest BCUT2D eigenvalue weighted by atomic mass is 9.82. The molecule has 1 aliphatic rings. The predicted molar refractivity (Wildman–Crippen MR) is 91.9 cm³/mol. The Bertz CT molecular complexity index is 773. The third-order valence-corrected chi connectivity index (χ3v) is 4.74. The zero-order valence-electron chi connectivity index (χ0n) is 13.7. The van der Waals surface area contributed by atoms with E-state index in [4.69, 9.17) is 0 Å². The van der Waals surface area contributed by atoms with E-state index < -0.39 is 17.7 Å². The summed E-state index contributed by atoms with van der Waals surface area (Å²) in [7, 11) is 0. The summed E-state index contributed by atoms with van der Waals surface area (Å²) in [6.45, 7) is -0.0154. The number of nitrogens with one attached hydrogen (secondary N) is 1. The molecule has 0 spiro atoms. The first kappa shape index (κ1) is 17.1. The van der Waals surface area contributed by atoms with E-state index in [0.717, 1.165) is 24.8 Å². The van der Waals surface area contributed by atoms with Crippen molar-refractivity contribution in [3.8, 4) is 0 Å². The molecular weight excluding hydrogens is 321 g/mol. The molecule has 0 aromatic heterocycles. The van der Waals surface area contributed by atoms with Gasteiger partial charge in [-0.05, 0) is 48.1 Å². The van der Waals surface area contributed by atoms with Gasteiger partial charge in [-0.2, -0.15) is 0 Å². The molecule has 0 saturated carbocycles. The molecule has 0 radical (unpaired) electrons. The van der Waals surface area contributed by atoms with E-state index in [1.165, 1.54) is 29.8 Å². The molecule has 2 atom stereocenters. The van der Waals surface area contributed by atoms with Gasteiger partial charge in [0, 0.05) is 6.54 Å². The number of carboxylic acids is 1. The number of carbonyl (C=O) groups excluding carboxylic acids is 1. The van der Waals surface area contributed by atoms with Gasteiger partial charge < -0.3 is 10.4 Å². The van der Waals surface area contributed by atoms with E-state index in [2.05, 4.69) is 5.32 Å². The predicted octanol–water partition coefficient (Wildman–Crippen LogP) is 3.23. The van der Waals surface area contributed by atoms with Crippen molar-refractivity contribution in [3.63, 3.8) is 0 Å². The van der Waals surface area contributed by atoms with E-state index in [9.17, 15) is 19.1 Å². The topological polar surface area (TPSA) is 66.4 Å². The van der Waals surface area contributed by atoms with E-state index in [0.29, 0.717) is 5.56 Å². The van der Waals surface area contributed by atoms with Crippen molar-refractivity contribution in [2.45, 2.75) is 31.1 Å². The molecule has 130 valence electrons. The number of hydrogen-bond donors (Lipinski definition) is 2. The van der Waals surface area contributed by atoms with Crippen LogP contribution in [0.25, 0.3) is 0 Å². The molecule has 2 aromatic rings. The molecule has 25 heavy (non-hydrogen) atoms. The largest absolute Gasteiger partial charge is 0.481 e. The van der Waals surface area contributed by atoms with Crippen LogP contribution in [0.3, 0.4) is 0 Å². The third kappa shape index (κ3) is 3.87. The minimum atomic E-state index is -1.05. The van der Waals surface area contributed by atoms with Gasteiger partial charge >= 0.3 is 5.97 Å². The van der Waals surface area contributed by atoms with Crippen molar-refractivity contribution < 1.29 is 19.1 Å². The highest BCUT2D eigenvalue weighted by atomic mass is 19.1. The van der Waals surface area contributed by atoms with Gasteiger partial charge in [-0.15, -0.1) is 0 Å². The molecule has 1 amide bonds. The number of aliphatic carboxylic acids is 1. The zero-order valence-corrected chi connectivity index (χ0v) is 13.7. The standard InChI is InChI=1S/C20H20FNO3/c21-15-10-8-14(9-11-15)18(20(24)25)12-22-19(23)17-7-3-5-13-4-1-2-6-16(13)17/h1-2,4,6,8-11,17-18H,3,5,7,12H2,(H,22,23)(H,24,25). The van der Waals surface area contributed by atoms with Crippen LogP contribution < -0.4 is 5.32 Å². The molecule has 2 N–H and O–H groups in total. The Kier molecular flexibility index (Phi) is 5.12. The third-order valence-electron chi connectivity index (χ3n) is 4.74. The maximum absolute atomic E-state index is 13.0. The summed E-state index contributed by atoms with van der Waals surface area (Å²) in [6.07, 6.45) is 2.67. The van der Waals surface area contributed by atoms with Crippen LogP contribution in [0.15, 0.2) is 48.5 Å². The molecule has 0 aliphatic heterocycles. The highest BCUT2D eigenvalue weighted by Crippen LogP contribution is 2.31. The molecule has 5 heteroatoms. The lowest BCUT2D eigenvalue weighted by molar-refractivity contribution is -0.138. The average Bonchev–Trinajstić information content (AvgIpc) is 2.62. The van der Waals surface area contributed by atoms with Gasteiger partial charge in [0.1, 0.15) is 5.82 Å². The van der Waals surface area contributed by atoms with Crippen molar-refractivity contribution in [2.75, 3.05) is 6.54 Å². The summed E-state index contributed by atoms with van der Waals surface area (Å²) >= 11 is 0. The van der Waals surface area contributed by atoms with Gasteiger partial charge in [0.15, 0.2) is 0 Å². The number of aryl methyl sites for hydroxylation is 1. The second kappa shape index (κ2) is 7.47. The van der Waals surface area contributed by atoms with Crippen LogP contribution in [-0.2, 0) is 16.0 Å². The zero-order chi connectivity index (χ0) is 17.8. The summed E-state index contributed by atoms with van der Waals surface area (Å²) in [5, 5.41) is 12.2. The van der Waals surface area contributed by atoms with Gasteiger partial charge in [-0.3, -0.25) is 9.59 Å². The smallest absolute Gasteiger partial charge is 0.312 e. The van der Waals surface area contributed by atoms with Crippen molar-refractivity contribution in [3.05, 3.63) is 71.0 Å². The molecule has 3 rings (SSSR count).